The summed E-state index contributed by atoms with van der Waals surface area (Å²) in [6, 6.07) is 12.3. The Bertz CT molecular complexity index is 1020. The summed E-state index contributed by atoms with van der Waals surface area (Å²) in [6.07, 6.45) is 1.51. The molecule has 5 nitrogen and oxygen atoms in total. The molecule has 0 aliphatic rings. The molecule has 3 rings (SSSR count). The Kier molecular flexibility index (Phi) is 4.13. The molecule has 0 aliphatic heterocycles. The lowest BCUT2D eigenvalue weighted by Crippen LogP contribution is -2.12. The molecule has 0 bridgehead atoms. The fraction of sp³-hybridized carbons (Fsp3) is 0.0588. The van der Waals surface area contributed by atoms with Crippen molar-refractivity contribution in [3.63, 3.8) is 0 Å². The number of hydrogen-bond acceptors (Lipinski definition) is 4. The largest absolute Gasteiger partial charge is 0.255 e. The van der Waals surface area contributed by atoms with Gasteiger partial charge in [-0.2, -0.15) is 0 Å². The summed E-state index contributed by atoms with van der Waals surface area (Å²) < 4.78 is 37.4. The van der Waals surface area contributed by atoms with Gasteiger partial charge in [-0.05, 0) is 49.4 Å². The summed E-state index contributed by atoms with van der Waals surface area (Å²) in [5, 5.41) is 5.14. The first-order chi connectivity index (χ1) is 11.4. The van der Waals surface area contributed by atoms with E-state index < -0.39 is 15.8 Å². The first-order valence-corrected chi connectivity index (χ1v) is 8.62. The average Bonchev–Trinajstić information content (AvgIpc) is 2.54. The summed E-state index contributed by atoms with van der Waals surface area (Å²) in [4.78, 5) is 8.47. The number of nitrogens with zero attached hydrogens (tertiary/aromatic N) is 2. The Morgan fingerprint density at radius 3 is 2.54 bits per heavy atom. The number of rotatable bonds is 3. The second kappa shape index (κ2) is 6.10. The van der Waals surface area contributed by atoms with Crippen LogP contribution >= 0.6 is 0 Å². The topological polar surface area (TPSA) is 85.9 Å². The van der Waals surface area contributed by atoms with E-state index in [4.69, 9.17) is 5.14 Å². The van der Waals surface area contributed by atoms with Crippen molar-refractivity contribution < 1.29 is 12.8 Å². The third-order valence-electron chi connectivity index (χ3n) is 3.49. The van der Waals surface area contributed by atoms with E-state index in [1.807, 2.05) is 19.1 Å². The van der Waals surface area contributed by atoms with Crippen LogP contribution in [0.4, 0.5) is 4.39 Å². The van der Waals surface area contributed by atoms with E-state index >= 15 is 0 Å². The maximum Gasteiger partial charge on any atom is 0.238 e. The molecule has 1 aromatic carbocycles. The van der Waals surface area contributed by atoms with Crippen LogP contribution < -0.4 is 5.14 Å². The molecule has 3 aromatic rings. The standard InChI is InChI=1S/C17H14FN3O2S/c1-11-4-2-6-16(21-11)13-5-3-9-20-17(13)14-10-12(24(19,22)23)7-8-15(14)18/h2-10H,1H3,(H2,19,22,23). The van der Waals surface area contributed by atoms with Gasteiger partial charge in [0.25, 0.3) is 0 Å². The highest BCUT2D eigenvalue weighted by Gasteiger charge is 2.17. The summed E-state index contributed by atoms with van der Waals surface area (Å²) >= 11 is 0. The van der Waals surface area contributed by atoms with Crippen molar-refractivity contribution in [1.82, 2.24) is 9.97 Å². The smallest absolute Gasteiger partial charge is 0.238 e. The van der Waals surface area contributed by atoms with Gasteiger partial charge in [0, 0.05) is 23.0 Å². The fourth-order valence-corrected chi connectivity index (χ4v) is 2.92. The van der Waals surface area contributed by atoms with Gasteiger partial charge < -0.3 is 0 Å². The monoisotopic (exact) mass is 343 g/mol. The molecule has 0 radical (unpaired) electrons. The van der Waals surface area contributed by atoms with Gasteiger partial charge in [0.15, 0.2) is 0 Å². The molecule has 2 N–H and O–H groups in total. The maximum absolute atomic E-state index is 14.3. The third-order valence-corrected chi connectivity index (χ3v) is 4.40. The van der Waals surface area contributed by atoms with Crippen LogP contribution in [0.2, 0.25) is 0 Å². The number of aryl methyl sites for hydroxylation is 1. The third kappa shape index (κ3) is 3.17. The number of sulfonamides is 1. The summed E-state index contributed by atoms with van der Waals surface area (Å²) in [6.45, 7) is 1.85. The zero-order valence-corrected chi connectivity index (χ0v) is 13.6. The molecule has 0 aliphatic carbocycles. The van der Waals surface area contributed by atoms with Gasteiger partial charge in [-0.1, -0.05) is 6.07 Å². The number of aromatic nitrogens is 2. The van der Waals surface area contributed by atoms with Crippen molar-refractivity contribution in [2.75, 3.05) is 0 Å². The zero-order chi connectivity index (χ0) is 17.3. The summed E-state index contributed by atoms with van der Waals surface area (Å²) in [7, 11) is -3.94. The minimum Gasteiger partial charge on any atom is -0.255 e. The minimum absolute atomic E-state index is 0.0560. The molecule has 24 heavy (non-hydrogen) atoms. The number of nitrogens with two attached hydrogens (primary N) is 1. The van der Waals surface area contributed by atoms with Gasteiger partial charge in [-0.25, -0.2) is 17.9 Å². The quantitative estimate of drug-likeness (QED) is 0.792. The van der Waals surface area contributed by atoms with E-state index in [1.165, 1.54) is 12.3 Å². The van der Waals surface area contributed by atoms with E-state index in [2.05, 4.69) is 9.97 Å². The van der Waals surface area contributed by atoms with Crippen LogP contribution in [-0.2, 0) is 10.0 Å². The predicted octanol–water partition coefficient (Wildman–Crippen LogP) is 2.91. The number of halogens is 1. The average molecular weight is 343 g/mol. The molecule has 2 aromatic heterocycles. The lowest BCUT2D eigenvalue weighted by molar-refractivity contribution is 0.596. The molecule has 0 amide bonds. The van der Waals surface area contributed by atoms with Gasteiger partial charge in [0.05, 0.1) is 16.3 Å². The van der Waals surface area contributed by atoms with Gasteiger partial charge >= 0.3 is 0 Å². The van der Waals surface area contributed by atoms with E-state index in [9.17, 15) is 12.8 Å². The number of hydrogen-bond donors (Lipinski definition) is 1. The SMILES string of the molecule is Cc1cccc(-c2cccnc2-c2cc(S(N)(=O)=O)ccc2F)n1. The highest BCUT2D eigenvalue weighted by Crippen LogP contribution is 2.32. The molecule has 0 atom stereocenters. The Morgan fingerprint density at radius 2 is 1.83 bits per heavy atom. The maximum atomic E-state index is 14.3. The summed E-state index contributed by atoms with van der Waals surface area (Å²) in [5.74, 6) is -0.588. The second-order valence-electron chi connectivity index (χ2n) is 5.25. The van der Waals surface area contributed by atoms with Crippen molar-refractivity contribution in [2.45, 2.75) is 11.8 Å². The van der Waals surface area contributed by atoms with Crippen molar-refractivity contribution in [2.24, 2.45) is 5.14 Å². The van der Waals surface area contributed by atoms with Gasteiger partial charge in [-0.15, -0.1) is 0 Å². The molecule has 0 saturated carbocycles. The van der Waals surface area contributed by atoms with Crippen LogP contribution in [0.5, 0.6) is 0 Å². The van der Waals surface area contributed by atoms with Crippen molar-refractivity contribution in [3.05, 3.63) is 66.2 Å². The Morgan fingerprint density at radius 1 is 1.04 bits per heavy atom. The van der Waals surface area contributed by atoms with Crippen molar-refractivity contribution in [3.8, 4) is 22.5 Å². The van der Waals surface area contributed by atoms with Crippen molar-refractivity contribution in [1.29, 1.82) is 0 Å². The highest BCUT2D eigenvalue weighted by atomic mass is 32.2. The van der Waals surface area contributed by atoms with E-state index in [0.717, 1.165) is 17.8 Å². The molecule has 2 heterocycles. The minimum atomic E-state index is -3.94. The lowest BCUT2D eigenvalue weighted by Gasteiger charge is -2.10. The molecular formula is C17H14FN3O2S. The second-order valence-corrected chi connectivity index (χ2v) is 6.81. The molecule has 7 heteroatoms. The molecular weight excluding hydrogens is 329 g/mol. The first kappa shape index (κ1) is 16.2. The first-order valence-electron chi connectivity index (χ1n) is 7.08. The van der Waals surface area contributed by atoms with Crippen LogP contribution in [-0.4, -0.2) is 18.4 Å². The fourth-order valence-electron chi connectivity index (χ4n) is 2.38. The Labute approximate surface area is 139 Å². The number of benzene rings is 1. The highest BCUT2D eigenvalue weighted by molar-refractivity contribution is 7.89. The summed E-state index contributed by atoms with van der Waals surface area (Å²) in [5.41, 5.74) is 2.39. The normalized spacial score (nSPS) is 11.5. The predicted molar refractivity (Wildman–Crippen MR) is 89.0 cm³/mol. The van der Waals surface area contributed by atoms with E-state index in [1.54, 1.807) is 18.2 Å². The zero-order valence-electron chi connectivity index (χ0n) is 12.8. The van der Waals surface area contributed by atoms with Crippen molar-refractivity contribution >= 4 is 10.0 Å². The molecule has 122 valence electrons. The molecule has 0 unspecified atom stereocenters. The van der Waals surface area contributed by atoms with Crippen LogP contribution in [0.1, 0.15) is 5.69 Å². The molecule has 0 saturated heterocycles. The Balaban J connectivity index is 2.25. The molecule has 0 spiro atoms. The van der Waals surface area contributed by atoms with Gasteiger partial charge in [0.1, 0.15) is 5.82 Å². The van der Waals surface area contributed by atoms with Gasteiger partial charge in [0.2, 0.25) is 10.0 Å². The van der Waals surface area contributed by atoms with Gasteiger partial charge in [-0.3, -0.25) is 9.97 Å². The Hall–Kier alpha value is -2.64. The van der Waals surface area contributed by atoms with E-state index in [0.29, 0.717) is 17.0 Å². The number of pyridine rings is 2. The van der Waals surface area contributed by atoms with Crippen LogP contribution in [0, 0.1) is 12.7 Å². The lowest BCUT2D eigenvalue weighted by atomic mass is 10.0. The number of primary sulfonamides is 1. The molecule has 0 fully saturated rings. The van der Waals surface area contributed by atoms with Crippen LogP contribution in [0.15, 0.2) is 59.6 Å². The van der Waals surface area contributed by atoms with Crippen LogP contribution in [0.25, 0.3) is 22.5 Å². The van der Waals surface area contributed by atoms with E-state index in [-0.39, 0.29) is 10.5 Å². The van der Waals surface area contributed by atoms with Crippen LogP contribution in [0.3, 0.4) is 0 Å².